The van der Waals surface area contributed by atoms with Gasteiger partial charge in [-0.15, -0.1) is 0 Å². The number of nitrogens with two attached hydrogens (primary N) is 1. The van der Waals surface area contributed by atoms with Gasteiger partial charge in [-0.2, -0.15) is 0 Å². The molecule has 0 bridgehead atoms. The third-order valence-electron chi connectivity index (χ3n) is 2.13. The van der Waals surface area contributed by atoms with Gasteiger partial charge in [0.05, 0.1) is 5.75 Å². The summed E-state index contributed by atoms with van der Waals surface area (Å²) in [6.07, 6.45) is 1.84. The number of nitrogens with zero attached hydrogens (tertiary/aromatic N) is 3. The summed E-state index contributed by atoms with van der Waals surface area (Å²) in [5, 5.41) is 3.47. The monoisotopic (exact) mass is 291 g/mol. The van der Waals surface area contributed by atoms with Crippen molar-refractivity contribution in [3.8, 4) is 0 Å². The molecule has 102 valence electrons. The van der Waals surface area contributed by atoms with Crippen molar-refractivity contribution in [2.24, 2.45) is 0 Å². The van der Waals surface area contributed by atoms with Gasteiger partial charge in [0.15, 0.2) is 5.16 Å². The summed E-state index contributed by atoms with van der Waals surface area (Å²) < 4.78 is 24.3. The number of sulfonamides is 1. The molecule has 0 spiro atoms. The van der Waals surface area contributed by atoms with Crippen molar-refractivity contribution < 1.29 is 8.42 Å². The van der Waals surface area contributed by atoms with Crippen molar-refractivity contribution in [3.05, 3.63) is 6.07 Å². The van der Waals surface area contributed by atoms with Gasteiger partial charge in [0.2, 0.25) is 10.0 Å². The average molecular weight is 291 g/mol. The van der Waals surface area contributed by atoms with Crippen LogP contribution in [0.25, 0.3) is 0 Å². The maximum atomic E-state index is 11.5. The minimum Gasteiger partial charge on any atom is -0.383 e. The minimum atomic E-state index is -3.20. The van der Waals surface area contributed by atoms with E-state index in [4.69, 9.17) is 5.73 Å². The van der Waals surface area contributed by atoms with Gasteiger partial charge in [0, 0.05) is 26.7 Å². The van der Waals surface area contributed by atoms with Crippen LogP contribution in [0.2, 0.25) is 0 Å². The van der Waals surface area contributed by atoms with Crippen molar-refractivity contribution in [1.29, 1.82) is 0 Å². The molecule has 18 heavy (non-hydrogen) atoms. The number of nitrogens with one attached hydrogen (secondary N) is 1. The van der Waals surface area contributed by atoms with Gasteiger partial charge in [-0.1, -0.05) is 11.8 Å². The highest BCUT2D eigenvalue weighted by molar-refractivity contribution is 7.98. The van der Waals surface area contributed by atoms with E-state index in [1.54, 1.807) is 6.07 Å². The lowest BCUT2D eigenvalue weighted by molar-refractivity contribution is 0.521. The van der Waals surface area contributed by atoms with E-state index in [1.165, 1.54) is 30.2 Å². The van der Waals surface area contributed by atoms with E-state index in [0.29, 0.717) is 16.8 Å². The molecule has 0 saturated heterocycles. The molecule has 3 N–H and O–H groups in total. The third kappa shape index (κ3) is 4.31. The number of nitrogen functional groups attached to an aromatic ring is 1. The quantitative estimate of drug-likeness (QED) is 0.565. The highest BCUT2D eigenvalue weighted by Crippen LogP contribution is 2.14. The number of hydrogen-bond donors (Lipinski definition) is 2. The number of thioether (sulfide) groups is 1. The van der Waals surface area contributed by atoms with Crippen LogP contribution < -0.4 is 11.1 Å². The molecular weight excluding hydrogens is 274 g/mol. The molecule has 7 nitrogen and oxygen atoms in total. The lowest BCUT2D eigenvalue weighted by atomic mass is 10.5. The predicted molar refractivity (Wildman–Crippen MR) is 74.2 cm³/mol. The van der Waals surface area contributed by atoms with E-state index in [1.807, 2.05) is 6.26 Å². The molecule has 1 aromatic heterocycles. The van der Waals surface area contributed by atoms with Crippen LogP contribution in [-0.4, -0.2) is 55.3 Å². The largest absolute Gasteiger partial charge is 0.383 e. The first-order valence-corrected chi connectivity index (χ1v) is 8.01. The van der Waals surface area contributed by atoms with Crippen molar-refractivity contribution in [3.63, 3.8) is 0 Å². The first-order valence-electron chi connectivity index (χ1n) is 5.18. The number of rotatable bonds is 6. The van der Waals surface area contributed by atoms with Crippen molar-refractivity contribution >= 4 is 33.4 Å². The van der Waals surface area contributed by atoms with E-state index in [-0.39, 0.29) is 12.3 Å². The van der Waals surface area contributed by atoms with Gasteiger partial charge in [0.1, 0.15) is 11.6 Å². The van der Waals surface area contributed by atoms with Gasteiger partial charge in [-0.25, -0.2) is 22.7 Å². The molecule has 0 aromatic carbocycles. The Bertz CT molecular complexity index is 504. The van der Waals surface area contributed by atoms with E-state index in [2.05, 4.69) is 15.3 Å². The molecule has 0 aliphatic carbocycles. The zero-order valence-electron chi connectivity index (χ0n) is 10.5. The molecule has 0 amide bonds. The standard InChI is InChI=1S/C9H17N5O2S2/c1-14(2)18(15,16)5-4-11-8-6-7(10)12-9(13-8)17-3/h6H,4-5H2,1-3H3,(H3,10,11,12,13). The van der Waals surface area contributed by atoms with Crippen molar-refractivity contribution in [1.82, 2.24) is 14.3 Å². The Balaban J connectivity index is 2.62. The Kier molecular flexibility index (Phi) is 5.17. The van der Waals surface area contributed by atoms with Crippen LogP contribution in [0.4, 0.5) is 11.6 Å². The normalized spacial score (nSPS) is 11.8. The van der Waals surface area contributed by atoms with Crippen LogP contribution in [-0.2, 0) is 10.0 Å². The molecule has 1 aromatic rings. The second kappa shape index (κ2) is 6.21. The van der Waals surface area contributed by atoms with Gasteiger partial charge < -0.3 is 11.1 Å². The molecule has 0 aliphatic heterocycles. The lowest BCUT2D eigenvalue weighted by Gasteiger charge is -2.12. The van der Waals surface area contributed by atoms with E-state index >= 15 is 0 Å². The first-order chi connectivity index (χ1) is 8.35. The van der Waals surface area contributed by atoms with E-state index < -0.39 is 10.0 Å². The second-order valence-electron chi connectivity index (χ2n) is 3.69. The van der Waals surface area contributed by atoms with Gasteiger partial charge in [-0.3, -0.25) is 0 Å². The SMILES string of the molecule is CSc1nc(N)cc(NCCS(=O)(=O)N(C)C)n1. The fourth-order valence-electron chi connectivity index (χ4n) is 1.12. The van der Waals surface area contributed by atoms with Crippen LogP contribution in [0.1, 0.15) is 0 Å². The Morgan fingerprint density at radius 3 is 2.67 bits per heavy atom. The smallest absolute Gasteiger partial charge is 0.215 e. The zero-order chi connectivity index (χ0) is 13.8. The van der Waals surface area contributed by atoms with Crippen LogP contribution in [0.15, 0.2) is 11.2 Å². The summed E-state index contributed by atoms with van der Waals surface area (Å²) in [6.45, 7) is 0.269. The van der Waals surface area contributed by atoms with Gasteiger partial charge >= 0.3 is 0 Å². The third-order valence-corrected chi connectivity index (χ3v) is 4.51. The van der Waals surface area contributed by atoms with Crippen LogP contribution in [0.5, 0.6) is 0 Å². The molecule has 1 heterocycles. The van der Waals surface area contributed by atoms with E-state index in [0.717, 1.165) is 0 Å². The summed E-state index contributed by atoms with van der Waals surface area (Å²) in [5.41, 5.74) is 5.61. The van der Waals surface area contributed by atoms with Crippen molar-refractivity contribution in [2.75, 3.05) is 43.7 Å². The summed E-state index contributed by atoms with van der Waals surface area (Å²) in [4.78, 5) is 8.17. The maximum absolute atomic E-state index is 11.5. The molecule has 0 unspecified atom stereocenters. The molecular formula is C9H17N5O2S2. The molecule has 1 rings (SSSR count). The first kappa shape index (κ1) is 15.0. The summed E-state index contributed by atoms with van der Waals surface area (Å²) in [7, 11) is -0.196. The molecule has 0 atom stereocenters. The summed E-state index contributed by atoms with van der Waals surface area (Å²) in [6, 6.07) is 1.57. The predicted octanol–water partition coefficient (Wildman–Crippen LogP) is 0.0840. The zero-order valence-corrected chi connectivity index (χ0v) is 12.2. The van der Waals surface area contributed by atoms with E-state index in [9.17, 15) is 8.42 Å². The van der Waals surface area contributed by atoms with Crippen LogP contribution in [0.3, 0.4) is 0 Å². The summed E-state index contributed by atoms with van der Waals surface area (Å²) in [5.74, 6) is 0.881. The Labute approximate surface area is 111 Å². The molecule has 0 radical (unpaired) electrons. The Hall–Kier alpha value is -1.06. The summed E-state index contributed by atoms with van der Waals surface area (Å²) >= 11 is 1.37. The lowest BCUT2D eigenvalue weighted by Crippen LogP contribution is -2.28. The fourth-order valence-corrected chi connectivity index (χ4v) is 2.23. The molecule has 0 saturated carbocycles. The number of aromatic nitrogens is 2. The second-order valence-corrected chi connectivity index (χ2v) is 6.77. The maximum Gasteiger partial charge on any atom is 0.215 e. The molecule has 0 fully saturated rings. The van der Waals surface area contributed by atoms with Crippen LogP contribution >= 0.6 is 11.8 Å². The topological polar surface area (TPSA) is 101 Å². The highest BCUT2D eigenvalue weighted by atomic mass is 32.2. The Morgan fingerprint density at radius 1 is 1.44 bits per heavy atom. The van der Waals surface area contributed by atoms with Gasteiger partial charge in [0.25, 0.3) is 0 Å². The Morgan fingerprint density at radius 2 is 2.11 bits per heavy atom. The molecule has 9 heteroatoms. The number of hydrogen-bond acceptors (Lipinski definition) is 7. The molecule has 0 aliphatic rings. The van der Waals surface area contributed by atoms with Gasteiger partial charge in [-0.05, 0) is 6.26 Å². The van der Waals surface area contributed by atoms with Crippen molar-refractivity contribution in [2.45, 2.75) is 5.16 Å². The van der Waals surface area contributed by atoms with Crippen LogP contribution in [0, 0.1) is 0 Å². The average Bonchev–Trinajstić information content (AvgIpc) is 2.27. The number of anilines is 2. The minimum absolute atomic E-state index is 0.00148. The fraction of sp³-hybridized carbons (Fsp3) is 0.556. The highest BCUT2D eigenvalue weighted by Gasteiger charge is 2.12.